The first-order valence-corrected chi connectivity index (χ1v) is 4.98. The molecule has 4 heteroatoms. The Bertz CT molecular complexity index is 379. The van der Waals surface area contributed by atoms with Crippen LogP contribution in [-0.2, 0) is 11.2 Å². The summed E-state index contributed by atoms with van der Waals surface area (Å²) in [4.78, 5) is 11.2. The molecule has 0 spiro atoms. The van der Waals surface area contributed by atoms with E-state index >= 15 is 0 Å². The minimum Gasteiger partial charge on any atom is -0.325 e. The van der Waals surface area contributed by atoms with Gasteiger partial charge < -0.3 is 5.32 Å². The van der Waals surface area contributed by atoms with E-state index in [0.29, 0.717) is 12.1 Å². The van der Waals surface area contributed by atoms with Crippen LogP contribution in [0.4, 0.5) is 5.69 Å². The number of carbonyl (C=O) groups excluding carboxylic acids is 1. The zero-order valence-corrected chi connectivity index (χ0v) is 9.08. The molecule has 3 nitrogen and oxygen atoms in total. The Labute approximate surface area is 93.7 Å². The van der Waals surface area contributed by atoms with Gasteiger partial charge in [-0.1, -0.05) is 12.1 Å². The van der Waals surface area contributed by atoms with Crippen molar-refractivity contribution in [2.45, 2.75) is 18.7 Å². The van der Waals surface area contributed by atoms with E-state index < -0.39 is 5.38 Å². The van der Waals surface area contributed by atoms with E-state index in [1.54, 1.807) is 31.2 Å². The minimum atomic E-state index is -0.552. The Morgan fingerprint density at radius 2 is 2.13 bits per heavy atom. The van der Waals surface area contributed by atoms with Crippen LogP contribution in [0.15, 0.2) is 24.3 Å². The fraction of sp³-hybridized carbons (Fsp3) is 0.273. The van der Waals surface area contributed by atoms with Crippen molar-refractivity contribution in [2.75, 3.05) is 5.32 Å². The quantitative estimate of drug-likeness (QED) is 0.798. The summed E-state index contributed by atoms with van der Waals surface area (Å²) in [5.74, 6) is -0.232. The third-order valence-electron chi connectivity index (χ3n) is 1.87. The number of nitriles is 1. The number of halogens is 1. The Hall–Kier alpha value is -1.53. The third-order valence-corrected chi connectivity index (χ3v) is 2.06. The lowest BCUT2D eigenvalue weighted by Gasteiger charge is -2.06. The van der Waals surface area contributed by atoms with Crippen LogP contribution in [-0.4, -0.2) is 11.3 Å². The van der Waals surface area contributed by atoms with Gasteiger partial charge in [-0.2, -0.15) is 5.26 Å². The number of rotatable bonds is 3. The van der Waals surface area contributed by atoms with Gasteiger partial charge in [0, 0.05) is 5.69 Å². The Morgan fingerprint density at radius 3 is 2.60 bits per heavy atom. The zero-order valence-electron chi connectivity index (χ0n) is 8.33. The Morgan fingerprint density at radius 1 is 1.53 bits per heavy atom. The number of anilines is 1. The molecule has 0 aromatic heterocycles. The van der Waals surface area contributed by atoms with E-state index in [2.05, 4.69) is 11.4 Å². The van der Waals surface area contributed by atoms with Crippen LogP contribution in [0.2, 0.25) is 0 Å². The number of hydrogen-bond donors (Lipinski definition) is 1. The topological polar surface area (TPSA) is 52.9 Å². The first kappa shape index (κ1) is 11.5. The highest BCUT2D eigenvalue weighted by atomic mass is 35.5. The van der Waals surface area contributed by atoms with Gasteiger partial charge in [0.05, 0.1) is 12.5 Å². The molecular formula is C11H11ClN2O. The van der Waals surface area contributed by atoms with E-state index in [4.69, 9.17) is 16.9 Å². The van der Waals surface area contributed by atoms with Crippen LogP contribution in [0, 0.1) is 11.3 Å². The molecule has 0 saturated carbocycles. The van der Waals surface area contributed by atoms with Gasteiger partial charge in [-0.3, -0.25) is 4.79 Å². The summed E-state index contributed by atoms with van der Waals surface area (Å²) in [5.41, 5.74) is 1.61. The average Bonchev–Trinajstić information content (AvgIpc) is 2.21. The molecule has 0 bridgehead atoms. The van der Waals surface area contributed by atoms with E-state index in [1.807, 2.05) is 0 Å². The fourth-order valence-corrected chi connectivity index (χ4v) is 1.09. The minimum absolute atomic E-state index is 0.232. The van der Waals surface area contributed by atoms with Gasteiger partial charge in [-0.15, -0.1) is 11.6 Å². The van der Waals surface area contributed by atoms with E-state index in [0.717, 1.165) is 5.56 Å². The second kappa shape index (κ2) is 5.38. The maximum Gasteiger partial charge on any atom is 0.242 e. The van der Waals surface area contributed by atoms with E-state index in [1.165, 1.54) is 0 Å². The molecule has 0 aliphatic rings. The van der Waals surface area contributed by atoms with Crippen molar-refractivity contribution in [3.8, 4) is 6.07 Å². The van der Waals surface area contributed by atoms with Gasteiger partial charge in [0.1, 0.15) is 5.38 Å². The van der Waals surface area contributed by atoms with Gasteiger partial charge in [-0.05, 0) is 24.6 Å². The van der Waals surface area contributed by atoms with E-state index in [-0.39, 0.29) is 5.91 Å². The van der Waals surface area contributed by atoms with Gasteiger partial charge in [0.15, 0.2) is 0 Å². The van der Waals surface area contributed by atoms with Crippen molar-refractivity contribution < 1.29 is 4.79 Å². The normalized spacial score (nSPS) is 11.5. The summed E-state index contributed by atoms with van der Waals surface area (Å²) < 4.78 is 0. The van der Waals surface area contributed by atoms with E-state index in [9.17, 15) is 4.79 Å². The van der Waals surface area contributed by atoms with Crippen molar-refractivity contribution in [1.82, 2.24) is 0 Å². The van der Waals surface area contributed by atoms with Crippen LogP contribution in [0.5, 0.6) is 0 Å². The molecule has 1 atom stereocenters. The van der Waals surface area contributed by atoms with Crippen LogP contribution < -0.4 is 5.32 Å². The van der Waals surface area contributed by atoms with Crippen molar-refractivity contribution in [3.63, 3.8) is 0 Å². The number of hydrogen-bond acceptors (Lipinski definition) is 2. The van der Waals surface area contributed by atoms with Crippen molar-refractivity contribution in [3.05, 3.63) is 29.8 Å². The average molecular weight is 223 g/mol. The SMILES string of the molecule is CC(Cl)C(=O)Nc1ccc(CC#N)cc1. The van der Waals surface area contributed by atoms with Crippen LogP contribution in [0.3, 0.4) is 0 Å². The second-order valence-electron chi connectivity index (χ2n) is 3.14. The second-order valence-corrected chi connectivity index (χ2v) is 3.79. The number of carbonyl (C=O) groups is 1. The van der Waals surface area contributed by atoms with Crippen LogP contribution in [0.25, 0.3) is 0 Å². The highest BCUT2D eigenvalue weighted by molar-refractivity contribution is 6.32. The Balaban J connectivity index is 2.65. The van der Waals surface area contributed by atoms with Crippen LogP contribution >= 0.6 is 11.6 Å². The van der Waals surface area contributed by atoms with Gasteiger partial charge in [-0.25, -0.2) is 0 Å². The maximum atomic E-state index is 11.2. The lowest BCUT2D eigenvalue weighted by molar-refractivity contribution is -0.115. The molecule has 1 unspecified atom stereocenters. The molecule has 1 aromatic carbocycles. The monoisotopic (exact) mass is 222 g/mol. The van der Waals surface area contributed by atoms with Gasteiger partial charge in [0.2, 0.25) is 5.91 Å². The summed E-state index contributed by atoms with van der Waals surface area (Å²) in [6.07, 6.45) is 0.375. The lowest BCUT2D eigenvalue weighted by atomic mass is 10.1. The molecule has 0 heterocycles. The predicted molar refractivity (Wildman–Crippen MR) is 59.7 cm³/mol. The zero-order chi connectivity index (χ0) is 11.3. The van der Waals surface area contributed by atoms with Crippen LogP contribution in [0.1, 0.15) is 12.5 Å². The molecule has 78 valence electrons. The molecular weight excluding hydrogens is 212 g/mol. The fourth-order valence-electron chi connectivity index (χ4n) is 1.04. The molecule has 0 aliphatic carbocycles. The number of nitrogens with zero attached hydrogens (tertiary/aromatic N) is 1. The summed E-state index contributed by atoms with van der Waals surface area (Å²) in [7, 11) is 0. The van der Waals surface area contributed by atoms with Crippen molar-refractivity contribution in [1.29, 1.82) is 5.26 Å². The summed E-state index contributed by atoms with van der Waals surface area (Å²) in [6.45, 7) is 1.61. The predicted octanol–water partition coefficient (Wildman–Crippen LogP) is 2.32. The molecule has 1 amide bonds. The highest BCUT2D eigenvalue weighted by Crippen LogP contribution is 2.11. The van der Waals surface area contributed by atoms with Gasteiger partial charge >= 0.3 is 0 Å². The lowest BCUT2D eigenvalue weighted by Crippen LogP contribution is -2.20. The number of amides is 1. The summed E-state index contributed by atoms with van der Waals surface area (Å²) >= 11 is 5.60. The molecule has 1 N–H and O–H groups in total. The van der Waals surface area contributed by atoms with Crippen molar-refractivity contribution in [2.24, 2.45) is 0 Å². The first-order chi connectivity index (χ1) is 7.13. The standard InChI is InChI=1S/C11H11ClN2O/c1-8(12)11(15)14-10-4-2-9(3-5-10)6-7-13/h2-5,8H,6H2,1H3,(H,14,15). The maximum absolute atomic E-state index is 11.2. The summed E-state index contributed by atoms with van der Waals surface area (Å²) in [6, 6.07) is 9.17. The third kappa shape index (κ3) is 3.61. The molecule has 0 fully saturated rings. The molecule has 1 rings (SSSR count). The van der Waals surface area contributed by atoms with Gasteiger partial charge in [0.25, 0.3) is 0 Å². The molecule has 0 radical (unpaired) electrons. The first-order valence-electron chi connectivity index (χ1n) is 4.54. The Kier molecular flexibility index (Phi) is 4.14. The summed E-state index contributed by atoms with van der Waals surface area (Å²) in [5, 5.41) is 10.6. The molecule has 0 saturated heterocycles. The highest BCUT2D eigenvalue weighted by Gasteiger charge is 2.08. The number of alkyl halides is 1. The molecule has 1 aromatic rings. The van der Waals surface area contributed by atoms with Crippen molar-refractivity contribution >= 4 is 23.2 Å². The number of benzene rings is 1. The largest absolute Gasteiger partial charge is 0.325 e. The molecule has 15 heavy (non-hydrogen) atoms. The number of nitrogens with one attached hydrogen (secondary N) is 1. The molecule has 0 aliphatic heterocycles. The smallest absolute Gasteiger partial charge is 0.242 e.